The Hall–Kier alpha value is -0.160. The standard InChI is InChI=1S/C18H34N4/c1-13(21-10-14-7-17(21)8-19-14)9-22-15-5-6-16(22)12-20(11-15)18(2,3)4/h13-17,19H,5-12H2,1-4H3. The van der Waals surface area contributed by atoms with Crippen molar-refractivity contribution in [1.29, 1.82) is 0 Å². The van der Waals surface area contributed by atoms with Crippen LogP contribution in [-0.4, -0.2) is 83.2 Å². The van der Waals surface area contributed by atoms with Crippen molar-refractivity contribution in [3.05, 3.63) is 0 Å². The van der Waals surface area contributed by atoms with Crippen molar-refractivity contribution in [3.63, 3.8) is 0 Å². The molecular formula is C18H34N4. The molecule has 5 unspecified atom stereocenters. The van der Waals surface area contributed by atoms with Gasteiger partial charge in [0, 0.05) is 68.5 Å². The molecule has 4 rings (SSSR count). The predicted octanol–water partition coefficient (Wildman–Crippen LogP) is 1.37. The number of piperazine rings is 2. The molecule has 0 aliphatic carbocycles. The Bertz CT molecular complexity index is 404. The van der Waals surface area contributed by atoms with Crippen molar-refractivity contribution in [1.82, 2.24) is 20.0 Å². The molecule has 4 nitrogen and oxygen atoms in total. The quantitative estimate of drug-likeness (QED) is 0.850. The lowest BCUT2D eigenvalue weighted by Crippen LogP contribution is -2.61. The Morgan fingerprint density at radius 2 is 1.73 bits per heavy atom. The van der Waals surface area contributed by atoms with Crippen molar-refractivity contribution in [2.24, 2.45) is 0 Å². The van der Waals surface area contributed by atoms with Crippen LogP contribution >= 0.6 is 0 Å². The zero-order valence-corrected chi connectivity index (χ0v) is 14.9. The van der Waals surface area contributed by atoms with Gasteiger partial charge in [0.25, 0.3) is 0 Å². The molecule has 0 aromatic heterocycles. The second kappa shape index (κ2) is 5.44. The highest BCUT2D eigenvalue weighted by molar-refractivity contribution is 5.03. The number of likely N-dealkylation sites (tertiary alicyclic amines) is 2. The summed E-state index contributed by atoms with van der Waals surface area (Å²) in [6.45, 7) is 15.9. The van der Waals surface area contributed by atoms with E-state index in [1.54, 1.807) is 0 Å². The zero-order valence-electron chi connectivity index (χ0n) is 14.9. The summed E-state index contributed by atoms with van der Waals surface area (Å²) in [4.78, 5) is 8.38. The number of nitrogens with zero attached hydrogens (tertiary/aromatic N) is 3. The third-order valence-corrected chi connectivity index (χ3v) is 6.72. The second-order valence-corrected chi connectivity index (χ2v) is 9.20. The van der Waals surface area contributed by atoms with Crippen molar-refractivity contribution in [3.8, 4) is 0 Å². The Balaban J connectivity index is 1.38. The predicted molar refractivity (Wildman–Crippen MR) is 91.2 cm³/mol. The largest absolute Gasteiger partial charge is 0.311 e. The Labute approximate surface area is 136 Å². The van der Waals surface area contributed by atoms with Gasteiger partial charge >= 0.3 is 0 Å². The van der Waals surface area contributed by atoms with Crippen molar-refractivity contribution >= 4 is 0 Å². The highest BCUT2D eigenvalue weighted by Crippen LogP contribution is 2.34. The van der Waals surface area contributed by atoms with E-state index in [9.17, 15) is 0 Å². The molecule has 0 amide bonds. The molecule has 0 aromatic carbocycles. The first-order chi connectivity index (χ1) is 10.4. The Morgan fingerprint density at radius 3 is 2.23 bits per heavy atom. The summed E-state index contributed by atoms with van der Waals surface area (Å²) in [5.41, 5.74) is 0.332. The van der Waals surface area contributed by atoms with Crippen LogP contribution in [-0.2, 0) is 0 Å². The Morgan fingerprint density at radius 1 is 1.05 bits per heavy atom. The lowest BCUT2D eigenvalue weighted by atomic mass is 10.0. The molecule has 1 N–H and O–H groups in total. The molecule has 4 heteroatoms. The van der Waals surface area contributed by atoms with Crippen LogP contribution in [0, 0.1) is 0 Å². The summed E-state index contributed by atoms with van der Waals surface area (Å²) < 4.78 is 0. The average Bonchev–Trinajstić information content (AvgIpc) is 3.11. The summed E-state index contributed by atoms with van der Waals surface area (Å²) in [6, 6.07) is 3.92. The monoisotopic (exact) mass is 306 g/mol. The first kappa shape index (κ1) is 15.4. The van der Waals surface area contributed by atoms with Crippen LogP contribution in [0.25, 0.3) is 0 Å². The van der Waals surface area contributed by atoms with Crippen LogP contribution in [0.15, 0.2) is 0 Å². The van der Waals surface area contributed by atoms with Crippen LogP contribution < -0.4 is 5.32 Å². The molecule has 126 valence electrons. The summed E-state index contributed by atoms with van der Waals surface area (Å²) >= 11 is 0. The smallest absolute Gasteiger partial charge is 0.0240 e. The highest BCUT2D eigenvalue weighted by Gasteiger charge is 2.45. The molecule has 22 heavy (non-hydrogen) atoms. The van der Waals surface area contributed by atoms with E-state index in [1.165, 1.54) is 52.0 Å². The van der Waals surface area contributed by atoms with Gasteiger partial charge in [-0.15, -0.1) is 0 Å². The van der Waals surface area contributed by atoms with E-state index in [1.807, 2.05) is 0 Å². The van der Waals surface area contributed by atoms with E-state index in [-0.39, 0.29) is 0 Å². The number of hydrogen-bond donors (Lipinski definition) is 1. The fraction of sp³-hybridized carbons (Fsp3) is 1.00. The fourth-order valence-corrected chi connectivity index (χ4v) is 5.38. The van der Waals surface area contributed by atoms with E-state index in [0.29, 0.717) is 5.54 Å². The molecule has 4 aliphatic heterocycles. The molecule has 0 radical (unpaired) electrons. The minimum atomic E-state index is 0.332. The second-order valence-electron chi connectivity index (χ2n) is 9.20. The van der Waals surface area contributed by atoms with Crippen LogP contribution in [0.1, 0.15) is 47.0 Å². The van der Waals surface area contributed by atoms with Crippen molar-refractivity contribution in [2.45, 2.75) is 82.7 Å². The zero-order chi connectivity index (χ0) is 15.5. The van der Waals surface area contributed by atoms with Crippen LogP contribution in [0.4, 0.5) is 0 Å². The molecule has 4 saturated heterocycles. The van der Waals surface area contributed by atoms with Gasteiger partial charge in [0.1, 0.15) is 0 Å². The Kier molecular flexibility index (Phi) is 3.80. The average molecular weight is 306 g/mol. The molecule has 4 fully saturated rings. The maximum atomic E-state index is 3.63. The third kappa shape index (κ3) is 2.62. The van der Waals surface area contributed by atoms with Gasteiger partial charge in [-0.25, -0.2) is 0 Å². The maximum absolute atomic E-state index is 3.63. The fourth-order valence-electron chi connectivity index (χ4n) is 5.38. The van der Waals surface area contributed by atoms with E-state index in [2.05, 4.69) is 47.7 Å². The third-order valence-electron chi connectivity index (χ3n) is 6.72. The lowest BCUT2D eigenvalue weighted by Gasteiger charge is -2.48. The SMILES string of the molecule is CC(CN1C2CCC1CN(C(C)(C)C)C2)N1CC2CC1CN2. The lowest BCUT2D eigenvalue weighted by molar-refractivity contribution is 0.000631. The van der Waals surface area contributed by atoms with Gasteiger partial charge in [-0.05, 0) is 47.0 Å². The van der Waals surface area contributed by atoms with Gasteiger partial charge in [0.15, 0.2) is 0 Å². The van der Waals surface area contributed by atoms with E-state index in [0.717, 1.165) is 30.2 Å². The first-order valence-corrected chi connectivity index (χ1v) is 9.42. The summed E-state index contributed by atoms with van der Waals surface area (Å²) in [7, 11) is 0. The van der Waals surface area contributed by atoms with Crippen molar-refractivity contribution in [2.75, 3.05) is 32.7 Å². The van der Waals surface area contributed by atoms with Crippen LogP contribution in [0.5, 0.6) is 0 Å². The summed E-state index contributed by atoms with van der Waals surface area (Å²) in [5.74, 6) is 0. The van der Waals surface area contributed by atoms with Gasteiger partial charge in [0.2, 0.25) is 0 Å². The normalized spacial score (nSPS) is 41.5. The number of fused-ring (bicyclic) bond motifs is 4. The van der Waals surface area contributed by atoms with Gasteiger partial charge in [-0.2, -0.15) is 0 Å². The minimum Gasteiger partial charge on any atom is -0.311 e. The molecule has 5 atom stereocenters. The summed E-state index contributed by atoms with van der Waals surface area (Å²) in [5, 5.41) is 3.63. The van der Waals surface area contributed by atoms with E-state index >= 15 is 0 Å². The number of nitrogens with one attached hydrogen (secondary N) is 1. The topological polar surface area (TPSA) is 21.8 Å². The van der Waals surface area contributed by atoms with Crippen molar-refractivity contribution < 1.29 is 0 Å². The minimum absolute atomic E-state index is 0.332. The van der Waals surface area contributed by atoms with Gasteiger partial charge in [-0.1, -0.05) is 0 Å². The summed E-state index contributed by atoms with van der Waals surface area (Å²) in [6.07, 6.45) is 4.21. The number of hydrogen-bond acceptors (Lipinski definition) is 4. The number of rotatable bonds is 3. The van der Waals surface area contributed by atoms with Gasteiger partial charge < -0.3 is 5.32 Å². The van der Waals surface area contributed by atoms with Crippen LogP contribution in [0.2, 0.25) is 0 Å². The maximum Gasteiger partial charge on any atom is 0.0240 e. The van der Waals surface area contributed by atoms with Crippen LogP contribution in [0.3, 0.4) is 0 Å². The first-order valence-electron chi connectivity index (χ1n) is 9.42. The molecule has 0 saturated carbocycles. The molecular weight excluding hydrogens is 272 g/mol. The molecule has 4 heterocycles. The van der Waals surface area contributed by atoms with E-state index < -0.39 is 0 Å². The molecule has 0 aromatic rings. The molecule has 0 spiro atoms. The highest BCUT2D eigenvalue weighted by atomic mass is 15.4. The van der Waals surface area contributed by atoms with E-state index in [4.69, 9.17) is 0 Å². The van der Waals surface area contributed by atoms with Gasteiger partial charge in [-0.3, -0.25) is 14.7 Å². The molecule has 4 bridgehead atoms. The van der Waals surface area contributed by atoms with Gasteiger partial charge in [0.05, 0.1) is 0 Å². The molecule has 4 aliphatic rings.